The summed E-state index contributed by atoms with van der Waals surface area (Å²) in [5.74, 6) is -2.37. The molecule has 0 aliphatic heterocycles. The van der Waals surface area contributed by atoms with E-state index in [9.17, 15) is 9.59 Å². The molecule has 0 aliphatic carbocycles. The summed E-state index contributed by atoms with van der Waals surface area (Å²) in [5, 5.41) is 0. The van der Waals surface area contributed by atoms with Gasteiger partial charge in [0.15, 0.2) is 0 Å². The standard InChI is InChI=1S/C10H18O7/c1-9(2,13-5)16-7(11)15-8(12)17-10(3,4)14-6/h1-6H3. The van der Waals surface area contributed by atoms with E-state index >= 15 is 0 Å². The van der Waals surface area contributed by atoms with Crippen molar-refractivity contribution in [1.82, 2.24) is 0 Å². The first-order valence-corrected chi connectivity index (χ1v) is 4.86. The van der Waals surface area contributed by atoms with Gasteiger partial charge in [-0.25, -0.2) is 9.59 Å². The van der Waals surface area contributed by atoms with E-state index in [4.69, 9.17) is 9.47 Å². The molecular weight excluding hydrogens is 232 g/mol. The quantitative estimate of drug-likeness (QED) is 0.429. The highest BCUT2D eigenvalue weighted by molar-refractivity contribution is 5.77. The third kappa shape index (κ3) is 6.75. The van der Waals surface area contributed by atoms with Crippen LogP contribution in [0.2, 0.25) is 0 Å². The van der Waals surface area contributed by atoms with Crippen molar-refractivity contribution in [3.63, 3.8) is 0 Å². The summed E-state index contributed by atoms with van der Waals surface area (Å²) in [6, 6.07) is 0. The molecule has 0 spiro atoms. The van der Waals surface area contributed by atoms with E-state index in [0.29, 0.717) is 0 Å². The molecule has 0 aromatic heterocycles. The number of ether oxygens (including phenoxy) is 5. The van der Waals surface area contributed by atoms with Crippen LogP contribution in [0.4, 0.5) is 9.59 Å². The highest BCUT2D eigenvalue weighted by Gasteiger charge is 2.28. The molecule has 0 unspecified atom stereocenters. The Kier molecular flexibility index (Phi) is 5.37. The summed E-state index contributed by atoms with van der Waals surface area (Å²) in [7, 11) is 2.69. The second kappa shape index (κ2) is 5.83. The SMILES string of the molecule is COC(C)(C)OC(=O)OC(=O)OC(C)(C)OC. The van der Waals surface area contributed by atoms with E-state index < -0.39 is 23.9 Å². The van der Waals surface area contributed by atoms with Crippen molar-refractivity contribution in [3.05, 3.63) is 0 Å². The Bertz CT molecular complexity index is 254. The Hall–Kier alpha value is -1.34. The van der Waals surface area contributed by atoms with Crippen LogP contribution in [0.25, 0.3) is 0 Å². The number of hydrogen-bond donors (Lipinski definition) is 0. The molecule has 0 amide bonds. The van der Waals surface area contributed by atoms with Crippen LogP contribution in [-0.2, 0) is 23.7 Å². The highest BCUT2D eigenvalue weighted by Crippen LogP contribution is 2.13. The lowest BCUT2D eigenvalue weighted by molar-refractivity contribution is -0.184. The van der Waals surface area contributed by atoms with Crippen molar-refractivity contribution >= 4 is 12.3 Å². The maximum Gasteiger partial charge on any atom is 0.521 e. The third-order valence-corrected chi connectivity index (χ3v) is 1.81. The van der Waals surface area contributed by atoms with Gasteiger partial charge in [-0.05, 0) is 0 Å². The number of hydrogen-bond acceptors (Lipinski definition) is 7. The molecule has 0 fully saturated rings. The minimum Gasteiger partial charge on any atom is -0.402 e. The third-order valence-electron chi connectivity index (χ3n) is 1.81. The molecule has 0 saturated carbocycles. The zero-order chi connectivity index (χ0) is 13.7. The Morgan fingerprint density at radius 2 is 1.06 bits per heavy atom. The fraction of sp³-hybridized carbons (Fsp3) is 0.800. The predicted molar refractivity (Wildman–Crippen MR) is 56.2 cm³/mol. The maximum absolute atomic E-state index is 11.1. The van der Waals surface area contributed by atoms with E-state index in [2.05, 4.69) is 14.2 Å². The zero-order valence-electron chi connectivity index (χ0n) is 10.9. The Morgan fingerprint density at radius 1 is 0.765 bits per heavy atom. The zero-order valence-corrected chi connectivity index (χ0v) is 10.9. The predicted octanol–water partition coefficient (Wildman–Crippen LogP) is 2.04. The lowest BCUT2D eigenvalue weighted by atomic mass is 10.4. The molecule has 17 heavy (non-hydrogen) atoms. The second-order valence-corrected chi connectivity index (χ2v) is 4.01. The van der Waals surface area contributed by atoms with Gasteiger partial charge >= 0.3 is 12.3 Å². The van der Waals surface area contributed by atoms with Crippen LogP contribution < -0.4 is 0 Å². The summed E-state index contributed by atoms with van der Waals surface area (Å²) in [6.07, 6.45) is -2.43. The van der Waals surface area contributed by atoms with Gasteiger partial charge in [-0.1, -0.05) is 0 Å². The molecule has 0 heterocycles. The summed E-state index contributed by atoms with van der Waals surface area (Å²) in [4.78, 5) is 22.3. The average molecular weight is 250 g/mol. The average Bonchev–Trinajstić information content (AvgIpc) is 2.15. The topological polar surface area (TPSA) is 80.3 Å². The van der Waals surface area contributed by atoms with Crippen LogP contribution in [0, 0.1) is 0 Å². The molecule has 0 rings (SSSR count). The van der Waals surface area contributed by atoms with Gasteiger partial charge in [0.1, 0.15) is 0 Å². The Morgan fingerprint density at radius 3 is 1.29 bits per heavy atom. The van der Waals surface area contributed by atoms with Gasteiger partial charge in [-0.2, -0.15) is 0 Å². The summed E-state index contributed by atoms with van der Waals surface area (Å²) < 4.78 is 23.2. The van der Waals surface area contributed by atoms with Crippen LogP contribution >= 0.6 is 0 Å². The van der Waals surface area contributed by atoms with Crippen molar-refractivity contribution in [2.75, 3.05) is 14.2 Å². The molecule has 0 atom stereocenters. The van der Waals surface area contributed by atoms with Crippen molar-refractivity contribution in [2.24, 2.45) is 0 Å². The first kappa shape index (κ1) is 15.7. The fourth-order valence-electron chi connectivity index (χ4n) is 0.594. The molecule has 0 aliphatic rings. The normalized spacial score (nSPS) is 11.9. The number of rotatable bonds is 4. The van der Waals surface area contributed by atoms with E-state index in [0.717, 1.165) is 0 Å². The summed E-state index contributed by atoms with van der Waals surface area (Å²) >= 11 is 0. The van der Waals surface area contributed by atoms with Crippen molar-refractivity contribution < 1.29 is 33.3 Å². The molecule has 0 aromatic rings. The first-order valence-electron chi connectivity index (χ1n) is 4.86. The lowest BCUT2D eigenvalue weighted by Gasteiger charge is -2.24. The maximum atomic E-state index is 11.1. The van der Waals surface area contributed by atoms with E-state index in [1.54, 1.807) is 0 Å². The minimum absolute atomic E-state index is 1.19. The van der Waals surface area contributed by atoms with E-state index in [-0.39, 0.29) is 0 Å². The van der Waals surface area contributed by atoms with Crippen LogP contribution in [0.3, 0.4) is 0 Å². The van der Waals surface area contributed by atoms with Gasteiger partial charge < -0.3 is 23.7 Å². The number of carbonyl (C=O) groups is 2. The first-order chi connectivity index (χ1) is 7.62. The van der Waals surface area contributed by atoms with Crippen molar-refractivity contribution in [2.45, 2.75) is 39.3 Å². The van der Waals surface area contributed by atoms with Gasteiger partial charge in [-0.15, -0.1) is 0 Å². The summed E-state index contributed by atoms with van der Waals surface area (Å²) in [5.41, 5.74) is 0. The smallest absolute Gasteiger partial charge is 0.402 e. The van der Waals surface area contributed by atoms with E-state index in [1.807, 2.05) is 0 Å². The van der Waals surface area contributed by atoms with Crippen LogP contribution in [0.5, 0.6) is 0 Å². The van der Waals surface area contributed by atoms with Crippen molar-refractivity contribution in [3.8, 4) is 0 Å². The monoisotopic (exact) mass is 250 g/mol. The van der Waals surface area contributed by atoms with Gasteiger partial charge in [0.25, 0.3) is 0 Å². The van der Waals surface area contributed by atoms with Gasteiger partial charge in [0, 0.05) is 41.9 Å². The molecule has 100 valence electrons. The molecule has 0 bridgehead atoms. The lowest BCUT2D eigenvalue weighted by Crippen LogP contribution is -2.34. The largest absolute Gasteiger partial charge is 0.521 e. The van der Waals surface area contributed by atoms with Gasteiger partial charge in [-0.3, -0.25) is 0 Å². The molecule has 0 radical (unpaired) electrons. The Balaban J connectivity index is 4.19. The molecule has 7 nitrogen and oxygen atoms in total. The number of methoxy groups -OCH3 is 2. The molecule has 0 N–H and O–H groups in total. The Labute approximate surface area is 99.9 Å². The molecule has 7 heteroatoms. The molecular formula is C10H18O7. The van der Waals surface area contributed by atoms with Crippen molar-refractivity contribution in [1.29, 1.82) is 0 Å². The van der Waals surface area contributed by atoms with Crippen LogP contribution in [0.15, 0.2) is 0 Å². The second-order valence-electron chi connectivity index (χ2n) is 4.01. The van der Waals surface area contributed by atoms with Gasteiger partial charge in [0.05, 0.1) is 0 Å². The minimum atomic E-state index is -1.21. The molecule has 0 saturated heterocycles. The van der Waals surface area contributed by atoms with Gasteiger partial charge in [0.2, 0.25) is 11.6 Å². The summed E-state index contributed by atoms with van der Waals surface area (Å²) in [6.45, 7) is 5.94. The number of carbonyl (C=O) groups excluding carboxylic acids is 2. The highest BCUT2D eigenvalue weighted by atomic mass is 16.9. The van der Waals surface area contributed by atoms with E-state index in [1.165, 1.54) is 41.9 Å². The van der Waals surface area contributed by atoms with Crippen LogP contribution in [-0.4, -0.2) is 38.1 Å². The van der Waals surface area contributed by atoms with Crippen LogP contribution in [0.1, 0.15) is 27.7 Å². The molecule has 0 aromatic carbocycles. The fourth-order valence-corrected chi connectivity index (χ4v) is 0.594.